The summed E-state index contributed by atoms with van der Waals surface area (Å²) in [6, 6.07) is 47.1. The second kappa shape index (κ2) is 15.8. The van der Waals surface area contributed by atoms with Crippen LogP contribution in [0.1, 0.15) is 26.3 Å². The van der Waals surface area contributed by atoms with Crippen molar-refractivity contribution < 1.29 is 41.5 Å². The van der Waals surface area contributed by atoms with Crippen LogP contribution in [-0.2, 0) is 46.9 Å². The summed E-state index contributed by atoms with van der Waals surface area (Å²) < 4.78 is 2.08. The van der Waals surface area contributed by atoms with Gasteiger partial charge in [0.25, 0.3) is 0 Å². The van der Waals surface area contributed by atoms with Crippen molar-refractivity contribution in [2.24, 2.45) is 0 Å². The Morgan fingerprint density at radius 2 is 1.00 bits per heavy atom. The minimum atomic E-state index is -0.0637. The fraction of sp³-hybridized carbons (Fsp3) is 0.0952. The molecule has 51 heavy (non-hydrogen) atoms. The zero-order chi connectivity index (χ0) is 33.4. The molecule has 5 nitrogen and oxygen atoms in total. The van der Waals surface area contributed by atoms with Crippen LogP contribution in [0.2, 0.25) is 0 Å². The topological polar surface area (TPSA) is 56.5 Å². The van der Waals surface area contributed by atoms with Crippen molar-refractivity contribution in [3.05, 3.63) is 152 Å². The quantitative estimate of drug-likeness (QED) is 0.117. The van der Waals surface area contributed by atoms with Gasteiger partial charge in [0.2, 0.25) is 5.95 Å². The number of fused-ring (bicyclic) bond motifs is 3. The average molecular weight is 969 g/mol. The SMILES string of the molecule is CC(C)(C)c1cnc(-n2c3[c-]c(Sc4[c-]c(-c5ccccn5)ccc4)ccc3c3ccc(Sc4[c-]c(-c5ccccn5)ccc4)[c-]c32)nc1.[Pd+2].[Pt+2]. The molecule has 4 aromatic heterocycles. The van der Waals surface area contributed by atoms with Crippen LogP contribution in [0.5, 0.6) is 0 Å². The molecule has 0 spiro atoms. The van der Waals surface area contributed by atoms with E-state index in [1.54, 1.807) is 35.9 Å². The maximum absolute atomic E-state index is 4.88. The monoisotopic (exact) mass is 968 g/mol. The molecule has 0 aliphatic carbocycles. The predicted molar refractivity (Wildman–Crippen MR) is 198 cm³/mol. The van der Waals surface area contributed by atoms with Crippen LogP contribution in [0.25, 0.3) is 50.3 Å². The minimum Gasteiger partial charge on any atom is -0.328 e. The third-order valence-electron chi connectivity index (χ3n) is 8.10. The van der Waals surface area contributed by atoms with Gasteiger partial charge in [0.15, 0.2) is 0 Å². The summed E-state index contributed by atoms with van der Waals surface area (Å²) in [5.41, 5.74) is 6.50. The summed E-state index contributed by atoms with van der Waals surface area (Å²) >= 11 is 3.24. The molecule has 4 aromatic carbocycles. The summed E-state index contributed by atoms with van der Waals surface area (Å²) in [4.78, 5) is 22.7. The molecule has 0 N–H and O–H groups in total. The van der Waals surface area contributed by atoms with E-state index in [4.69, 9.17) is 9.97 Å². The van der Waals surface area contributed by atoms with Crippen molar-refractivity contribution in [3.63, 3.8) is 0 Å². The van der Waals surface area contributed by atoms with Gasteiger partial charge in [-0.2, -0.15) is 35.0 Å². The molecule has 0 aliphatic rings. The molecule has 254 valence electrons. The standard InChI is InChI=1S/C42H29N5S2.Pd.Pt/c1-42(2,3)30-26-45-41(46-27-30)47-39-24-33(48-31-12-8-10-28(22-31)37-14-4-6-20-43-37)16-18-35(39)36-19-17-34(25-40(36)47)49-32-13-9-11-29(23-32)38-15-5-7-21-44-38;;/h4-21,26-27H,1-3H3;;/q-4;2*+2. The molecule has 0 saturated heterocycles. The van der Waals surface area contributed by atoms with E-state index in [1.165, 1.54) is 0 Å². The zero-order valence-corrected chi connectivity index (χ0v) is 33.2. The van der Waals surface area contributed by atoms with Gasteiger partial charge in [0.05, 0.1) is 0 Å². The Bertz CT molecular complexity index is 2290. The molecule has 0 aliphatic heterocycles. The Kier molecular flexibility index (Phi) is 11.4. The average Bonchev–Trinajstić information content (AvgIpc) is 3.45. The summed E-state index contributed by atoms with van der Waals surface area (Å²) in [6.45, 7) is 6.50. The van der Waals surface area contributed by atoms with E-state index in [0.717, 1.165) is 69.5 Å². The Hall–Kier alpha value is -3.89. The second-order valence-electron chi connectivity index (χ2n) is 12.5. The summed E-state index contributed by atoms with van der Waals surface area (Å²) in [5, 5.41) is 2.12. The number of nitrogens with zero attached hydrogens (tertiary/aromatic N) is 5. The first-order valence-corrected chi connectivity index (χ1v) is 17.5. The normalized spacial score (nSPS) is 11.3. The summed E-state index contributed by atoms with van der Waals surface area (Å²) in [7, 11) is 0. The fourth-order valence-electron chi connectivity index (χ4n) is 5.56. The van der Waals surface area contributed by atoms with Gasteiger partial charge in [-0.25, -0.2) is 9.97 Å². The molecule has 0 bridgehead atoms. The molecule has 9 heteroatoms. The van der Waals surface area contributed by atoms with E-state index in [1.807, 2.05) is 73.1 Å². The Morgan fingerprint density at radius 3 is 1.43 bits per heavy atom. The summed E-state index contributed by atoms with van der Waals surface area (Å²) in [5.74, 6) is 0.581. The predicted octanol–water partition coefficient (Wildman–Crippen LogP) is 10.5. The van der Waals surface area contributed by atoms with Gasteiger partial charge in [-0.1, -0.05) is 65.9 Å². The van der Waals surface area contributed by atoms with E-state index in [0.29, 0.717) is 5.95 Å². The van der Waals surface area contributed by atoms with E-state index in [2.05, 4.69) is 96.0 Å². The molecule has 0 atom stereocenters. The number of aromatic nitrogens is 5. The minimum absolute atomic E-state index is 0. The summed E-state index contributed by atoms with van der Waals surface area (Å²) in [6.07, 6.45) is 7.46. The van der Waals surface area contributed by atoms with Crippen LogP contribution in [0.4, 0.5) is 0 Å². The van der Waals surface area contributed by atoms with E-state index < -0.39 is 0 Å². The van der Waals surface area contributed by atoms with Crippen LogP contribution >= 0.6 is 23.5 Å². The Morgan fingerprint density at radius 1 is 0.529 bits per heavy atom. The van der Waals surface area contributed by atoms with Crippen LogP contribution in [-0.4, -0.2) is 24.5 Å². The second-order valence-corrected chi connectivity index (χ2v) is 14.7. The molecule has 8 aromatic rings. The molecule has 0 fully saturated rings. The smallest absolute Gasteiger partial charge is 0.328 e. The maximum Gasteiger partial charge on any atom is 2.00 e. The first-order chi connectivity index (χ1) is 23.9. The van der Waals surface area contributed by atoms with E-state index in [9.17, 15) is 0 Å². The number of pyridine rings is 2. The van der Waals surface area contributed by atoms with Gasteiger partial charge in [-0.3, -0.25) is 0 Å². The number of hydrogen-bond donors (Lipinski definition) is 0. The molecule has 0 unspecified atom stereocenters. The van der Waals surface area contributed by atoms with Gasteiger partial charge in [0, 0.05) is 24.8 Å². The number of benzene rings is 4. The molecule has 4 heterocycles. The maximum atomic E-state index is 4.88. The molecule has 0 amide bonds. The van der Waals surface area contributed by atoms with Crippen molar-refractivity contribution in [1.29, 1.82) is 0 Å². The van der Waals surface area contributed by atoms with Crippen molar-refractivity contribution in [2.45, 2.75) is 45.8 Å². The molecular weight excluding hydrogens is 940 g/mol. The number of hydrogen-bond acceptors (Lipinski definition) is 6. The first kappa shape index (κ1) is 36.9. The third kappa shape index (κ3) is 7.97. The van der Waals surface area contributed by atoms with Crippen molar-refractivity contribution in [1.82, 2.24) is 24.5 Å². The fourth-order valence-corrected chi connectivity index (χ4v) is 7.22. The Balaban J connectivity index is 0.00000224. The molecule has 8 rings (SSSR count). The van der Waals surface area contributed by atoms with Gasteiger partial charge in [0.1, 0.15) is 0 Å². The molecular formula is C42H29N5PdPtS2. The molecule has 0 saturated carbocycles. The van der Waals surface area contributed by atoms with Crippen molar-refractivity contribution >= 4 is 45.3 Å². The Labute approximate surface area is 334 Å². The van der Waals surface area contributed by atoms with Crippen LogP contribution in [0.3, 0.4) is 0 Å². The van der Waals surface area contributed by atoms with Crippen molar-refractivity contribution in [3.8, 4) is 28.5 Å². The van der Waals surface area contributed by atoms with Crippen LogP contribution in [0.15, 0.2) is 141 Å². The van der Waals surface area contributed by atoms with E-state index in [-0.39, 0.29) is 46.9 Å². The van der Waals surface area contributed by atoms with Gasteiger partial charge in [-0.05, 0) is 34.5 Å². The largest absolute Gasteiger partial charge is 2.00 e. The van der Waals surface area contributed by atoms with Gasteiger partial charge >= 0.3 is 41.5 Å². The van der Waals surface area contributed by atoms with Gasteiger partial charge < -0.3 is 14.5 Å². The van der Waals surface area contributed by atoms with E-state index >= 15 is 0 Å². The number of rotatable bonds is 7. The van der Waals surface area contributed by atoms with Crippen LogP contribution < -0.4 is 0 Å². The first-order valence-electron chi connectivity index (χ1n) is 15.9. The zero-order valence-electron chi connectivity index (χ0n) is 27.7. The van der Waals surface area contributed by atoms with Crippen LogP contribution in [0, 0.1) is 24.3 Å². The van der Waals surface area contributed by atoms with Crippen molar-refractivity contribution in [2.75, 3.05) is 0 Å². The molecule has 0 radical (unpaired) electrons. The van der Waals surface area contributed by atoms with Gasteiger partial charge in [-0.15, -0.1) is 105 Å². The third-order valence-corrected chi connectivity index (χ3v) is 9.93.